The Bertz CT molecular complexity index is 683. The van der Waals surface area contributed by atoms with Crippen molar-refractivity contribution in [3.05, 3.63) is 69.6 Å². The van der Waals surface area contributed by atoms with Gasteiger partial charge in [0.2, 0.25) is 0 Å². The van der Waals surface area contributed by atoms with E-state index < -0.39 is 0 Å². The van der Waals surface area contributed by atoms with Gasteiger partial charge in [0, 0.05) is 21.8 Å². The second-order valence-corrected chi connectivity index (χ2v) is 4.46. The molecule has 1 N–H and O–H groups in total. The Morgan fingerprint density at radius 2 is 1.80 bits per heavy atom. The van der Waals surface area contributed by atoms with Crippen LogP contribution in [0.25, 0.3) is 10.4 Å². The van der Waals surface area contributed by atoms with Crippen LogP contribution in [0.4, 0.5) is 11.4 Å². The summed E-state index contributed by atoms with van der Waals surface area (Å²) < 4.78 is 0. The van der Waals surface area contributed by atoms with Gasteiger partial charge in [0.1, 0.15) is 0 Å². The molecule has 0 radical (unpaired) electrons. The molecule has 0 aromatic heterocycles. The summed E-state index contributed by atoms with van der Waals surface area (Å²) in [5.74, 6) is -0.225. The summed E-state index contributed by atoms with van der Waals surface area (Å²) >= 11 is 0. The molecule has 0 saturated carbocycles. The van der Waals surface area contributed by atoms with E-state index >= 15 is 0 Å². The number of carbonyl (C=O) groups excluding carboxylic acids is 1. The van der Waals surface area contributed by atoms with Gasteiger partial charge in [0.05, 0.1) is 0 Å². The minimum absolute atomic E-state index is 0.225. The molecule has 0 unspecified atom stereocenters. The summed E-state index contributed by atoms with van der Waals surface area (Å²) in [6, 6.07) is 12.4. The van der Waals surface area contributed by atoms with Gasteiger partial charge in [0.25, 0.3) is 5.91 Å². The van der Waals surface area contributed by atoms with Crippen LogP contribution in [0.3, 0.4) is 0 Å². The normalized spacial score (nSPS) is 9.70. The fourth-order valence-corrected chi connectivity index (χ4v) is 1.96. The highest BCUT2D eigenvalue weighted by molar-refractivity contribution is 6.05. The summed E-state index contributed by atoms with van der Waals surface area (Å²) in [4.78, 5) is 14.9. The number of anilines is 1. The maximum Gasteiger partial charge on any atom is 0.255 e. The number of para-hydroxylation sites is 1. The largest absolute Gasteiger partial charge is 0.322 e. The highest BCUT2D eigenvalue weighted by Gasteiger charge is 2.09. The first-order chi connectivity index (χ1) is 9.61. The van der Waals surface area contributed by atoms with Crippen LogP contribution in [0, 0.1) is 13.8 Å². The molecular formula is C15H14N4O. The second-order valence-electron chi connectivity index (χ2n) is 4.46. The van der Waals surface area contributed by atoms with Crippen LogP contribution >= 0.6 is 0 Å². The number of amides is 1. The molecule has 0 aliphatic rings. The first-order valence-electron chi connectivity index (χ1n) is 6.14. The molecule has 0 atom stereocenters. The van der Waals surface area contributed by atoms with Gasteiger partial charge in [0.15, 0.2) is 0 Å². The standard InChI is InChI=1S/C15H14N4O/c1-10-5-3-6-11(2)14(10)17-15(20)12-7-4-8-13(9-12)18-19-16/h3-9H,1-2H3,(H,17,20). The molecule has 2 rings (SSSR count). The Balaban J connectivity index is 2.28. The lowest BCUT2D eigenvalue weighted by Crippen LogP contribution is -2.13. The number of benzene rings is 2. The van der Waals surface area contributed by atoms with Crippen molar-refractivity contribution in [2.24, 2.45) is 5.11 Å². The summed E-state index contributed by atoms with van der Waals surface area (Å²) in [6.45, 7) is 3.89. The van der Waals surface area contributed by atoms with Gasteiger partial charge in [-0.15, -0.1) is 0 Å². The zero-order valence-electron chi connectivity index (χ0n) is 11.3. The van der Waals surface area contributed by atoms with Crippen molar-refractivity contribution < 1.29 is 4.79 Å². The van der Waals surface area contributed by atoms with E-state index in [1.165, 1.54) is 0 Å². The monoisotopic (exact) mass is 266 g/mol. The zero-order chi connectivity index (χ0) is 14.5. The molecule has 0 spiro atoms. The number of nitrogens with one attached hydrogen (secondary N) is 1. The quantitative estimate of drug-likeness (QED) is 0.495. The van der Waals surface area contributed by atoms with Gasteiger partial charge in [-0.25, -0.2) is 0 Å². The lowest BCUT2D eigenvalue weighted by molar-refractivity contribution is 0.102. The average molecular weight is 266 g/mol. The number of nitrogens with zero attached hydrogens (tertiary/aromatic N) is 3. The van der Waals surface area contributed by atoms with Crippen molar-refractivity contribution >= 4 is 17.3 Å². The third-order valence-electron chi connectivity index (χ3n) is 2.99. The molecule has 5 nitrogen and oxygen atoms in total. The van der Waals surface area contributed by atoms with Crippen LogP contribution in [-0.4, -0.2) is 5.91 Å². The molecule has 2 aromatic rings. The van der Waals surface area contributed by atoms with Crippen LogP contribution in [0.2, 0.25) is 0 Å². The molecule has 0 fully saturated rings. The Morgan fingerprint density at radius 3 is 2.45 bits per heavy atom. The lowest BCUT2D eigenvalue weighted by Gasteiger charge is -2.11. The SMILES string of the molecule is Cc1cccc(C)c1NC(=O)c1cccc(N=[N+]=[N-])c1. The van der Waals surface area contributed by atoms with E-state index in [1.807, 2.05) is 32.0 Å². The minimum atomic E-state index is -0.225. The Hall–Kier alpha value is -2.78. The van der Waals surface area contributed by atoms with Crippen molar-refractivity contribution in [1.29, 1.82) is 0 Å². The van der Waals surface area contributed by atoms with Crippen molar-refractivity contribution in [3.8, 4) is 0 Å². The number of carbonyl (C=O) groups is 1. The Morgan fingerprint density at radius 1 is 1.15 bits per heavy atom. The van der Waals surface area contributed by atoms with E-state index in [1.54, 1.807) is 24.3 Å². The molecule has 0 aliphatic heterocycles. The summed E-state index contributed by atoms with van der Waals surface area (Å²) in [7, 11) is 0. The maximum absolute atomic E-state index is 12.2. The molecular weight excluding hydrogens is 252 g/mol. The maximum atomic E-state index is 12.2. The predicted molar refractivity (Wildman–Crippen MR) is 79.1 cm³/mol. The van der Waals surface area contributed by atoms with Gasteiger partial charge in [-0.05, 0) is 42.6 Å². The average Bonchev–Trinajstić information content (AvgIpc) is 2.43. The highest BCUT2D eigenvalue weighted by Crippen LogP contribution is 2.21. The van der Waals surface area contributed by atoms with E-state index in [4.69, 9.17) is 5.53 Å². The van der Waals surface area contributed by atoms with Crippen LogP contribution in [0.1, 0.15) is 21.5 Å². The summed E-state index contributed by atoms with van der Waals surface area (Å²) in [5.41, 5.74) is 12.1. The van der Waals surface area contributed by atoms with E-state index in [2.05, 4.69) is 15.3 Å². The zero-order valence-corrected chi connectivity index (χ0v) is 11.3. The fraction of sp³-hybridized carbons (Fsp3) is 0.133. The van der Waals surface area contributed by atoms with Crippen LogP contribution < -0.4 is 5.32 Å². The molecule has 0 aliphatic carbocycles. The van der Waals surface area contributed by atoms with E-state index in [0.29, 0.717) is 11.3 Å². The molecule has 0 saturated heterocycles. The molecule has 100 valence electrons. The van der Waals surface area contributed by atoms with E-state index in [0.717, 1.165) is 16.8 Å². The van der Waals surface area contributed by atoms with Gasteiger partial charge >= 0.3 is 0 Å². The van der Waals surface area contributed by atoms with Crippen LogP contribution in [0.5, 0.6) is 0 Å². The van der Waals surface area contributed by atoms with Crippen molar-refractivity contribution in [1.82, 2.24) is 0 Å². The third kappa shape index (κ3) is 2.96. The number of hydrogen-bond acceptors (Lipinski definition) is 2. The number of hydrogen-bond donors (Lipinski definition) is 1. The smallest absolute Gasteiger partial charge is 0.255 e. The van der Waals surface area contributed by atoms with Crippen LogP contribution in [-0.2, 0) is 0 Å². The van der Waals surface area contributed by atoms with Gasteiger partial charge < -0.3 is 5.32 Å². The van der Waals surface area contributed by atoms with Crippen molar-refractivity contribution in [3.63, 3.8) is 0 Å². The van der Waals surface area contributed by atoms with E-state index in [-0.39, 0.29) is 5.91 Å². The number of aryl methyl sites for hydroxylation is 2. The predicted octanol–water partition coefficient (Wildman–Crippen LogP) is 4.50. The lowest BCUT2D eigenvalue weighted by atomic mass is 10.1. The van der Waals surface area contributed by atoms with Crippen molar-refractivity contribution in [2.45, 2.75) is 13.8 Å². The van der Waals surface area contributed by atoms with E-state index in [9.17, 15) is 4.79 Å². The van der Waals surface area contributed by atoms with Gasteiger partial charge in [-0.3, -0.25) is 4.79 Å². The Labute approximate surface area is 116 Å². The molecule has 5 heteroatoms. The van der Waals surface area contributed by atoms with Crippen molar-refractivity contribution in [2.75, 3.05) is 5.32 Å². The first-order valence-corrected chi connectivity index (χ1v) is 6.14. The first kappa shape index (κ1) is 13.6. The second kappa shape index (κ2) is 5.91. The fourth-order valence-electron chi connectivity index (χ4n) is 1.96. The minimum Gasteiger partial charge on any atom is -0.322 e. The molecule has 0 bridgehead atoms. The molecule has 0 heterocycles. The van der Waals surface area contributed by atoms with Gasteiger partial charge in [-0.2, -0.15) is 0 Å². The van der Waals surface area contributed by atoms with Gasteiger partial charge in [-0.1, -0.05) is 35.4 Å². The number of azide groups is 1. The highest BCUT2D eigenvalue weighted by atomic mass is 16.1. The molecule has 2 aromatic carbocycles. The number of rotatable bonds is 3. The Kier molecular flexibility index (Phi) is 4.03. The molecule has 1 amide bonds. The topological polar surface area (TPSA) is 77.9 Å². The summed E-state index contributed by atoms with van der Waals surface area (Å²) in [5, 5.41) is 6.38. The third-order valence-corrected chi connectivity index (χ3v) is 2.99. The molecule has 20 heavy (non-hydrogen) atoms. The summed E-state index contributed by atoms with van der Waals surface area (Å²) in [6.07, 6.45) is 0. The van der Waals surface area contributed by atoms with Crippen LogP contribution in [0.15, 0.2) is 47.6 Å².